The number of methoxy groups -OCH3 is 2. The van der Waals surface area contributed by atoms with Crippen molar-refractivity contribution in [1.29, 1.82) is 0 Å². The van der Waals surface area contributed by atoms with Crippen LogP contribution in [0.2, 0.25) is 0 Å². The number of rotatable bonds is 6. The van der Waals surface area contributed by atoms with E-state index in [1.165, 1.54) is 5.56 Å². The van der Waals surface area contributed by atoms with Gasteiger partial charge < -0.3 is 15.2 Å². The summed E-state index contributed by atoms with van der Waals surface area (Å²) in [7, 11) is 3.38. The van der Waals surface area contributed by atoms with E-state index in [0.717, 1.165) is 28.6 Å². The molecule has 0 bridgehead atoms. The zero-order valence-electron chi connectivity index (χ0n) is 9.75. The van der Waals surface area contributed by atoms with Gasteiger partial charge in [0.05, 0.1) is 13.7 Å². The summed E-state index contributed by atoms with van der Waals surface area (Å²) in [4.78, 5) is 0. The molecule has 1 aromatic carbocycles. The van der Waals surface area contributed by atoms with E-state index in [-0.39, 0.29) is 0 Å². The summed E-state index contributed by atoms with van der Waals surface area (Å²) < 4.78 is 11.6. The molecule has 0 saturated carbocycles. The zero-order chi connectivity index (χ0) is 12.0. The Hall–Kier alpha value is -0.580. The summed E-state index contributed by atoms with van der Waals surface area (Å²) in [6, 6.07) is 4.04. The van der Waals surface area contributed by atoms with Crippen LogP contribution in [-0.2, 0) is 17.8 Å². The fourth-order valence-electron chi connectivity index (χ4n) is 1.69. The molecule has 0 aliphatic carbocycles. The Morgan fingerprint density at radius 2 is 2.06 bits per heavy atom. The van der Waals surface area contributed by atoms with E-state index < -0.39 is 0 Å². The third-order valence-corrected chi connectivity index (χ3v) is 2.87. The monoisotopic (exact) mass is 287 g/mol. The number of ether oxygens (including phenoxy) is 2. The smallest absolute Gasteiger partial charge is 0.123 e. The minimum atomic E-state index is 0.593. The molecule has 4 heteroatoms. The van der Waals surface area contributed by atoms with Crippen LogP contribution in [-0.4, -0.2) is 20.8 Å². The van der Waals surface area contributed by atoms with Gasteiger partial charge in [0.1, 0.15) is 5.75 Å². The predicted molar refractivity (Wildman–Crippen MR) is 68.8 cm³/mol. The van der Waals surface area contributed by atoms with Crippen LogP contribution in [0.15, 0.2) is 16.6 Å². The second-order valence-corrected chi connectivity index (χ2v) is 4.49. The molecule has 0 aliphatic rings. The molecule has 0 aromatic heterocycles. The topological polar surface area (TPSA) is 44.5 Å². The second kappa shape index (κ2) is 6.89. The number of halogens is 1. The van der Waals surface area contributed by atoms with E-state index in [2.05, 4.69) is 22.0 Å². The van der Waals surface area contributed by atoms with Crippen molar-refractivity contribution in [3.63, 3.8) is 0 Å². The molecule has 0 radical (unpaired) electrons. The average Bonchev–Trinajstić information content (AvgIpc) is 2.27. The lowest BCUT2D eigenvalue weighted by Gasteiger charge is -2.14. The van der Waals surface area contributed by atoms with Gasteiger partial charge in [-0.1, -0.05) is 15.9 Å². The van der Waals surface area contributed by atoms with Crippen LogP contribution in [0.3, 0.4) is 0 Å². The van der Waals surface area contributed by atoms with Gasteiger partial charge in [0.25, 0.3) is 0 Å². The largest absolute Gasteiger partial charge is 0.496 e. The lowest BCUT2D eigenvalue weighted by atomic mass is 10.0. The quantitative estimate of drug-likeness (QED) is 0.874. The highest BCUT2D eigenvalue weighted by Crippen LogP contribution is 2.29. The average molecular weight is 288 g/mol. The van der Waals surface area contributed by atoms with E-state index in [4.69, 9.17) is 15.2 Å². The lowest BCUT2D eigenvalue weighted by Crippen LogP contribution is -2.05. The SMILES string of the molecule is COCc1cc(Br)cc(OC)c1CCCN. The molecule has 0 fully saturated rings. The van der Waals surface area contributed by atoms with Gasteiger partial charge >= 0.3 is 0 Å². The molecular weight excluding hydrogens is 270 g/mol. The van der Waals surface area contributed by atoms with Gasteiger partial charge in [-0.3, -0.25) is 0 Å². The van der Waals surface area contributed by atoms with Crippen LogP contribution in [0.5, 0.6) is 5.75 Å². The number of benzene rings is 1. The molecule has 1 aromatic rings. The first-order valence-electron chi connectivity index (χ1n) is 5.27. The Kier molecular flexibility index (Phi) is 5.80. The molecule has 0 spiro atoms. The minimum Gasteiger partial charge on any atom is -0.496 e. The van der Waals surface area contributed by atoms with E-state index >= 15 is 0 Å². The molecule has 0 unspecified atom stereocenters. The molecule has 0 aliphatic heterocycles. The van der Waals surface area contributed by atoms with Crippen LogP contribution >= 0.6 is 15.9 Å². The molecule has 16 heavy (non-hydrogen) atoms. The van der Waals surface area contributed by atoms with Crippen molar-refractivity contribution in [2.75, 3.05) is 20.8 Å². The first kappa shape index (κ1) is 13.5. The van der Waals surface area contributed by atoms with Gasteiger partial charge in [0.2, 0.25) is 0 Å². The normalized spacial score (nSPS) is 10.5. The van der Waals surface area contributed by atoms with Crippen molar-refractivity contribution >= 4 is 15.9 Å². The molecule has 1 rings (SSSR count). The highest BCUT2D eigenvalue weighted by atomic mass is 79.9. The number of hydrogen-bond acceptors (Lipinski definition) is 3. The van der Waals surface area contributed by atoms with Crippen molar-refractivity contribution in [3.05, 3.63) is 27.7 Å². The summed E-state index contributed by atoms with van der Waals surface area (Å²) in [5, 5.41) is 0. The molecule has 3 nitrogen and oxygen atoms in total. The molecule has 0 saturated heterocycles. The lowest BCUT2D eigenvalue weighted by molar-refractivity contribution is 0.183. The van der Waals surface area contributed by atoms with Crippen molar-refractivity contribution in [2.45, 2.75) is 19.4 Å². The summed E-state index contributed by atoms with van der Waals surface area (Å²) in [6.45, 7) is 1.28. The van der Waals surface area contributed by atoms with Crippen molar-refractivity contribution in [3.8, 4) is 5.75 Å². The maximum absolute atomic E-state index is 5.54. The van der Waals surface area contributed by atoms with Gasteiger partial charge in [-0.05, 0) is 42.6 Å². The van der Waals surface area contributed by atoms with Crippen molar-refractivity contribution in [1.82, 2.24) is 0 Å². The Morgan fingerprint density at radius 3 is 2.62 bits per heavy atom. The van der Waals surface area contributed by atoms with Gasteiger partial charge in [0.15, 0.2) is 0 Å². The summed E-state index contributed by atoms with van der Waals surface area (Å²) >= 11 is 3.47. The zero-order valence-corrected chi connectivity index (χ0v) is 11.3. The van der Waals surface area contributed by atoms with Gasteiger partial charge in [0, 0.05) is 11.6 Å². The van der Waals surface area contributed by atoms with Crippen molar-refractivity contribution < 1.29 is 9.47 Å². The van der Waals surface area contributed by atoms with E-state index in [1.54, 1.807) is 14.2 Å². The fraction of sp³-hybridized carbons (Fsp3) is 0.500. The first-order chi connectivity index (χ1) is 7.72. The number of hydrogen-bond donors (Lipinski definition) is 1. The van der Waals surface area contributed by atoms with E-state index in [1.807, 2.05) is 6.07 Å². The molecule has 0 amide bonds. The summed E-state index contributed by atoms with van der Waals surface area (Å²) in [6.07, 6.45) is 1.88. The Morgan fingerprint density at radius 1 is 1.31 bits per heavy atom. The summed E-state index contributed by atoms with van der Waals surface area (Å²) in [5.41, 5.74) is 7.89. The van der Waals surface area contributed by atoms with Gasteiger partial charge in [-0.25, -0.2) is 0 Å². The summed E-state index contributed by atoms with van der Waals surface area (Å²) in [5.74, 6) is 0.898. The van der Waals surface area contributed by atoms with E-state index in [9.17, 15) is 0 Å². The fourth-order valence-corrected chi connectivity index (χ4v) is 2.18. The second-order valence-electron chi connectivity index (χ2n) is 3.57. The maximum Gasteiger partial charge on any atom is 0.123 e. The minimum absolute atomic E-state index is 0.593. The van der Waals surface area contributed by atoms with Crippen LogP contribution in [0.25, 0.3) is 0 Å². The maximum atomic E-state index is 5.54. The number of nitrogens with two attached hydrogens (primary N) is 1. The molecule has 90 valence electrons. The Bertz CT molecular complexity index is 342. The van der Waals surface area contributed by atoms with Crippen LogP contribution in [0, 0.1) is 0 Å². The predicted octanol–water partition coefficient (Wildman–Crippen LogP) is 2.50. The highest BCUT2D eigenvalue weighted by Gasteiger charge is 2.10. The van der Waals surface area contributed by atoms with Crippen LogP contribution in [0.4, 0.5) is 0 Å². The molecule has 0 heterocycles. The third-order valence-electron chi connectivity index (χ3n) is 2.42. The molecular formula is C12H18BrNO2. The third kappa shape index (κ3) is 3.47. The van der Waals surface area contributed by atoms with Gasteiger partial charge in [-0.15, -0.1) is 0 Å². The van der Waals surface area contributed by atoms with E-state index in [0.29, 0.717) is 13.2 Å². The molecule has 2 N–H and O–H groups in total. The van der Waals surface area contributed by atoms with Crippen LogP contribution in [0.1, 0.15) is 17.5 Å². The van der Waals surface area contributed by atoms with Crippen LogP contribution < -0.4 is 10.5 Å². The standard InChI is InChI=1S/C12H18BrNO2/c1-15-8-9-6-10(13)7-12(16-2)11(9)4-3-5-14/h6-7H,3-5,8,14H2,1-2H3. The first-order valence-corrected chi connectivity index (χ1v) is 6.06. The van der Waals surface area contributed by atoms with Crippen molar-refractivity contribution in [2.24, 2.45) is 5.73 Å². The Labute approximate surface area is 105 Å². The van der Waals surface area contributed by atoms with Gasteiger partial charge in [-0.2, -0.15) is 0 Å². The molecule has 0 atom stereocenters. The highest BCUT2D eigenvalue weighted by molar-refractivity contribution is 9.10. The Balaban J connectivity index is 3.05.